The molecule has 0 aromatic heterocycles. The van der Waals surface area contributed by atoms with Gasteiger partial charge in [-0.1, -0.05) is 70.9 Å². The van der Waals surface area contributed by atoms with Crippen LogP contribution in [0.15, 0.2) is 83.0 Å². The molecule has 0 atom stereocenters. The monoisotopic (exact) mass is 510 g/mol. The average molecular weight is 511 g/mol. The maximum atomic E-state index is 11.1. The van der Waals surface area contributed by atoms with Crippen LogP contribution >= 0.6 is 0 Å². The average Bonchev–Trinajstić information content (AvgIpc) is 2.86. The minimum atomic E-state index is 0.254. The summed E-state index contributed by atoms with van der Waals surface area (Å²) in [6.07, 6.45) is 17.4. The number of phenolic OH excluding ortho intramolecular Hbond substituents is 2. The van der Waals surface area contributed by atoms with Crippen molar-refractivity contribution in [3.63, 3.8) is 0 Å². The highest BCUT2D eigenvalue weighted by atomic mass is 16.3. The lowest BCUT2D eigenvalue weighted by molar-refractivity contribution is 0.478. The van der Waals surface area contributed by atoms with Gasteiger partial charge in [0.1, 0.15) is 11.5 Å². The van der Waals surface area contributed by atoms with Gasteiger partial charge in [0, 0.05) is 21.5 Å². The summed E-state index contributed by atoms with van der Waals surface area (Å²) in [5.41, 5.74) is 7.91. The van der Waals surface area contributed by atoms with Gasteiger partial charge in [-0.3, -0.25) is 0 Å². The zero-order valence-electron chi connectivity index (χ0n) is 24.3. The normalized spacial score (nSPS) is 12.3. The van der Waals surface area contributed by atoms with Crippen molar-refractivity contribution in [1.82, 2.24) is 0 Å². The number of benzene rings is 3. The first kappa shape index (κ1) is 29.3. The fourth-order valence-electron chi connectivity index (χ4n) is 4.94. The smallest absolute Gasteiger partial charge is 0.131 e. The molecule has 0 heterocycles. The molecule has 2 N–H and O–H groups in total. The van der Waals surface area contributed by atoms with E-state index in [9.17, 15) is 10.2 Å². The summed E-state index contributed by atoms with van der Waals surface area (Å²) in [4.78, 5) is 0. The van der Waals surface area contributed by atoms with Gasteiger partial charge in [0.05, 0.1) is 0 Å². The van der Waals surface area contributed by atoms with Crippen LogP contribution in [0.3, 0.4) is 0 Å². The van der Waals surface area contributed by atoms with Crippen LogP contribution in [0.1, 0.15) is 91.2 Å². The predicted molar refractivity (Wildman–Crippen MR) is 166 cm³/mol. The number of hydrogen-bond donors (Lipinski definition) is 2. The van der Waals surface area contributed by atoms with Gasteiger partial charge in [-0.2, -0.15) is 0 Å². The van der Waals surface area contributed by atoms with E-state index in [4.69, 9.17) is 0 Å². The van der Waals surface area contributed by atoms with Gasteiger partial charge in [0.2, 0.25) is 0 Å². The lowest BCUT2D eigenvalue weighted by Gasteiger charge is -2.12. The molecular weight excluding hydrogens is 464 g/mol. The number of phenols is 2. The van der Waals surface area contributed by atoms with Crippen molar-refractivity contribution in [2.75, 3.05) is 0 Å². The van der Waals surface area contributed by atoms with E-state index in [2.05, 4.69) is 78.0 Å². The molecule has 3 aromatic rings. The summed E-state index contributed by atoms with van der Waals surface area (Å²) < 4.78 is 0. The third-order valence-electron chi connectivity index (χ3n) is 7.22. The van der Waals surface area contributed by atoms with Crippen LogP contribution in [-0.4, -0.2) is 10.2 Å². The Balaban J connectivity index is 1.72. The Bertz CT molecular complexity index is 1270. The first-order valence-electron chi connectivity index (χ1n) is 14.1. The predicted octanol–water partition coefficient (Wildman–Crippen LogP) is 10.7. The van der Waals surface area contributed by atoms with Gasteiger partial charge in [-0.15, -0.1) is 0 Å². The second-order valence-electron chi connectivity index (χ2n) is 11.3. The van der Waals surface area contributed by atoms with Gasteiger partial charge >= 0.3 is 0 Å². The lowest BCUT2D eigenvalue weighted by Crippen LogP contribution is -1.89. The molecule has 2 nitrogen and oxygen atoms in total. The van der Waals surface area contributed by atoms with Crippen LogP contribution in [0.4, 0.5) is 0 Å². The summed E-state index contributed by atoms with van der Waals surface area (Å²) >= 11 is 0. The molecule has 0 aliphatic rings. The highest BCUT2D eigenvalue weighted by Crippen LogP contribution is 2.42. The van der Waals surface area contributed by atoms with Gasteiger partial charge in [0.25, 0.3) is 0 Å². The van der Waals surface area contributed by atoms with Crippen molar-refractivity contribution in [3.8, 4) is 11.5 Å². The molecule has 0 aliphatic heterocycles. The highest BCUT2D eigenvalue weighted by molar-refractivity contribution is 6.10. The first-order chi connectivity index (χ1) is 18.2. The first-order valence-corrected chi connectivity index (χ1v) is 14.1. The molecule has 3 aromatic carbocycles. The van der Waals surface area contributed by atoms with E-state index in [1.807, 2.05) is 24.3 Å². The van der Waals surface area contributed by atoms with Gasteiger partial charge in [-0.25, -0.2) is 0 Å². The largest absolute Gasteiger partial charge is 0.507 e. The minimum Gasteiger partial charge on any atom is -0.507 e. The van der Waals surface area contributed by atoms with Crippen molar-refractivity contribution in [2.24, 2.45) is 0 Å². The molecule has 0 aliphatic carbocycles. The van der Waals surface area contributed by atoms with Crippen molar-refractivity contribution >= 4 is 21.5 Å². The van der Waals surface area contributed by atoms with E-state index in [-0.39, 0.29) is 11.5 Å². The second-order valence-corrected chi connectivity index (χ2v) is 11.3. The Kier molecular flexibility index (Phi) is 10.8. The van der Waals surface area contributed by atoms with E-state index in [1.165, 1.54) is 33.4 Å². The van der Waals surface area contributed by atoms with Crippen molar-refractivity contribution in [2.45, 2.75) is 92.9 Å². The lowest BCUT2D eigenvalue weighted by atomic mass is 9.95. The molecule has 0 saturated heterocycles. The minimum absolute atomic E-state index is 0.254. The maximum Gasteiger partial charge on any atom is 0.131 e. The molecule has 202 valence electrons. The van der Waals surface area contributed by atoms with E-state index in [1.54, 1.807) is 0 Å². The van der Waals surface area contributed by atoms with Crippen LogP contribution in [0, 0.1) is 0 Å². The molecule has 38 heavy (non-hydrogen) atoms. The molecule has 0 unspecified atom stereocenters. The summed E-state index contributed by atoms with van der Waals surface area (Å²) in [6.45, 7) is 13.0. The highest BCUT2D eigenvalue weighted by Gasteiger charge is 2.14. The van der Waals surface area contributed by atoms with E-state index in [0.717, 1.165) is 62.1 Å². The SMILES string of the molecule is CC(C)=CCC/C(C)=C/CCc1ccc2c(O)c3cc(CC/C=C(\C)CCC=C(C)C)ccc3c(O)c2c1. The van der Waals surface area contributed by atoms with Crippen molar-refractivity contribution in [1.29, 1.82) is 0 Å². The number of aryl methyl sites for hydroxylation is 2. The van der Waals surface area contributed by atoms with Gasteiger partial charge < -0.3 is 10.2 Å². The third-order valence-corrected chi connectivity index (χ3v) is 7.22. The van der Waals surface area contributed by atoms with E-state index >= 15 is 0 Å². The molecule has 0 amide bonds. The summed E-state index contributed by atoms with van der Waals surface area (Å²) in [5.74, 6) is 0.509. The van der Waals surface area contributed by atoms with E-state index in [0.29, 0.717) is 10.8 Å². The molecule has 0 fully saturated rings. The van der Waals surface area contributed by atoms with Crippen LogP contribution in [0.2, 0.25) is 0 Å². The molecular formula is C36H46O2. The Morgan fingerprint density at radius 3 is 1.29 bits per heavy atom. The zero-order chi connectivity index (χ0) is 27.7. The second kappa shape index (κ2) is 14.0. The quantitative estimate of drug-likeness (QED) is 0.144. The molecule has 3 rings (SSSR count). The van der Waals surface area contributed by atoms with Crippen molar-refractivity contribution < 1.29 is 10.2 Å². The fourth-order valence-corrected chi connectivity index (χ4v) is 4.94. The Hall–Kier alpha value is -3.26. The molecule has 0 bridgehead atoms. The van der Waals surface area contributed by atoms with Crippen molar-refractivity contribution in [3.05, 3.63) is 94.1 Å². The van der Waals surface area contributed by atoms with Crippen LogP contribution < -0.4 is 0 Å². The van der Waals surface area contributed by atoms with Crippen LogP contribution in [0.25, 0.3) is 21.5 Å². The molecule has 0 saturated carbocycles. The maximum absolute atomic E-state index is 11.1. The van der Waals surface area contributed by atoms with Gasteiger partial charge in [-0.05, 0) is 116 Å². The zero-order valence-corrected chi connectivity index (χ0v) is 24.3. The number of aromatic hydroxyl groups is 2. The fraction of sp³-hybridized carbons (Fsp3) is 0.389. The van der Waals surface area contributed by atoms with Gasteiger partial charge in [0.15, 0.2) is 0 Å². The summed E-state index contributed by atoms with van der Waals surface area (Å²) in [7, 11) is 0. The molecule has 2 heteroatoms. The summed E-state index contributed by atoms with van der Waals surface area (Å²) in [5, 5.41) is 25.1. The Labute approximate surface area is 230 Å². The number of hydrogen-bond acceptors (Lipinski definition) is 2. The topological polar surface area (TPSA) is 40.5 Å². The molecule has 0 spiro atoms. The number of rotatable bonds is 12. The number of fused-ring (bicyclic) bond motifs is 2. The Morgan fingerprint density at radius 2 is 0.921 bits per heavy atom. The summed E-state index contributed by atoms with van der Waals surface area (Å²) in [6, 6.07) is 12.1. The third kappa shape index (κ3) is 8.38. The van der Waals surface area contributed by atoms with E-state index < -0.39 is 0 Å². The van der Waals surface area contributed by atoms with Crippen LogP contribution in [-0.2, 0) is 12.8 Å². The number of allylic oxidation sites excluding steroid dienone is 8. The molecule has 0 radical (unpaired) electrons. The standard InChI is InChI=1S/C36H46O2/c1-25(2)11-7-13-27(5)15-9-17-29-19-21-31-33(23-29)35(37)32-22-20-30(24-34(32)36(31)38)18-10-16-28(6)14-8-12-26(3)4/h11-12,15-16,19-24,37-38H,7-10,13-14,17-18H2,1-6H3/b27-15+,28-16+. The van der Waals surface area contributed by atoms with Crippen LogP contribution in [0.5, 0.6) is 11.5 Å². The Morgan fingerprint density at radius 1 is 0.526 bits per heavy atom.